The highest BCUT2D eigenvalue weighted by Gasteiger charge is 2.31. The Morgan fingerprint density at radius 1 is 0.955 bits per heavy atom. The van der Waals surface area contributed by atoms with Crippen LogP contribution in [0, 0.1) is 0 Å². The van der Waals surface area contributed by atoms with E-state index >= 15 is 0 Å². The highest BCUT2D eigenvalue weighted by atomic mass is 32.2. The monoisotopic (exact) mass is 329 g/mol. The van der Waals surface area contributed by atoms with Crippen LogP contribution in [0.25, 0.3) is 0 Å². The molecule has 2 aromatic rings. The summed E-state index contributed by atoms with van der Waals surface area (Å²) in [4.78, 5) is 0.0942. The molecule has 0 spiro atoms. The van der Waals surface area contributed by atoms with E-state index in [2.05, 4.69) is 0 Å². The van der Waals surface area contributed by atoms with Gasteiger partial charge in [-0.15, -0.1) is 0 Å². The number of halogens is 3. The predicted octanol–water partition coefficient (Wildman–Crippen LogP) is 3.92. The van der Waals surface area contributed by atoms with Crippen molar-refractivity contribution in [3.8, 4) is 0 Å². The SMILES string of the molecule is CCN(c1ccc(C(F)(F)F)cc1)S(=O)(=O)c1ccccc1. The number of benzene rings is 2. The second-order valence-corrected chi connectivity index (χ2v) is 6.39. The fourth-order valence-corrected chi connectivity index (χ4v) is 3.52. The van der Waals surface area contributed by atoms with Crippen LogP contribution >= 0.6 is 0 Å². The second-order valence-electron chi connectivity index (χ2n) is 4.53. The molecule has 0 N–H and O–H groups in total. The molecule has 0 saturated heterocycles. The number of hydrogen-bond acceptors (Lipinski definition) is 2. The van der Waals surface area contributed by atoms with Gasteiger partial charge in [0.15, 0.2) is 0 Å². The largest absolute Gasteiger partial charge is 0.416 e. The standard InChI is InChI=1S/C15H14F3NO2S/c1-2-19(22(20,21)14-6-4-3-5-7-14)13-10-8-12(9-11-13)15(16,17)18/h3-11H,2H2,1H3. The molecule has 22 heavy (non-hydrogen) atoms. The number of nitrogens with zero attached hydrogens (tertiary/aromatic N) is 1. The molecular weight excluding hydrogens is 315 g/mol. The van der Waals surface area contributed by atoms with Gasteiger partial charge in [-0.25, -0.2) is 8.42 Å². The molecule has 118 valence electrons. The van der Waals surface area contributed by atoms with Crippen LogP contribution in [0.4, 0.5) is 18.9 Å². The molecule has 3 nitrogen and oxygen atoms in total. The lowest BCUT2D eigenvalue weighted by atomic mass is 10.2. The number of alkyl halides is 3. The number of anilines is 1. The van der Waals surface area contributed by atoms with Crippen LogP contribution in [0.2, 0.25) is 0 Å². The Bertz CT molecular complexity index is 726. The minimum Gasteiger partial charge on any atom is -0.267 e. The van der Waals surface area contributed by atoms with E-state index in [0.29, 0.717) is 0 Å². The highest BCUT2D eigenvalue weighted by molar-refractivity contribution is 7.92. The third kappa shape index (κ3) is 3.24. The maximum absolute atomic E-state index is 12.6. The molecule has 0 aliphatic heterocycles. The van der Waals surface area contributed by atoms with Crippen LogP contribution in [0.15, 0.2) is 59.5 Å². The van der Waals surface area contributed by atoms with Gasteiger partial charge in [0.25, 0.3) is 10.0 Å². The first-order chi connectivity index (χ1) is 10.3. The van der Waals surface area contributed by atoms with Gasteiger partial charge in [-0.2, -0.15) is 13.2 Å². The zero-order valence-electron chi connectivity index (χ0n) is 11.7. The minimum atomic E-state index is -4.45. The van der Waals surface area contributed by atoms with Gasteiger partial charge in [0.2, 0.25) is 0 Å². The van der Waals surface area contributed by atoms with Gasteiger partial charge < -0.3 is 0 Å². The van der Waals surface area contributed by atoms with Crippen LogP contribution in [0.3, 0.4) is 0 Å². The fraction of sp³-hybridized carbons (Fsp3) is 0.200. The van der Waals surface area contributed by atoms with E-state index in [-0.39, 0.29) is 17.1 Å². The maximum atomic E-state index is 12.6. The van der Waals surface area contributed by atoms with Gasteiger partial charge in [-0.1, -0.05) is 18.2 Å². The van der Waals surface area contributed by atoms with Crippen LogP contribution in [0.5, 0.6) is 0 Å². The molecule has 0 aromatic heterocycles. The molecule has 2 rings (SSSR count). The summed E-state index contributed by atoms with van der Waals surface area (Å²) in [5, 5.41) is 0. The van der Waals surface area contributed by atoms with E-state index in [0.717, 1.165) is 28.6 Å². The van der Waals surface area contributed by atoms with Crippen LogP contribution in [0.1, 0.15) is 12.5 Å². The molecular formula is C15H14F3NO2S. The fourth-order valence-electron chi connectivity index (χ4n) is 2.03. The quantitative estimate of drug-likeness (QED) is 0.852. The Labute approximate surface area is 127 Å². The summed E-state index contributed by atoms with van der Waals surface area (Å²) in [7, 11) is -3.80. The Kier molecular flexibility index (Phi) is 4.46. The topological polar surface area (TPSA) is 37.4 Å². The van der Waals surface area contributed by atoms with E-state index in [9.17, 15) is 21.6 Å². The minimum absolute atomic E-state index is 0.0942. The van der Waals surface area contributed by atoms with Crippen molar-refractivity contribution in [3.63, 3.8) is 0 Å². The van der Waals surface area contributed by atoms with Gasteiger partial charge in [-0.3, -0.25) is 4.31 Å². The molecule has 0 radical (unpaired) electrons. The smallest absolute Gasteiger partial charge is 0.267 e. The van der Waals surface area contributed by atoms with Crippen molar-refractivity contribution < 1.29 is 21.6 Å². The average Bonchev–Trinajstić information content (AvgIpc) is 2.48. The molecule has 2 aromatic carbocycles. The summed E-state index contributed by atoms with van der Waals surface area (Å²) in [5.74, 6) is 0. The van der Waals surface area contributed by atoms with Crippen molar-refractivity contribution in [2.75, 3.05) is 10.8 Å². The Morgan fingerprint density at radius 3 is 1.95 bits per heavy atom. The van der Waals surface area contributed by atoms with Gasteiger partial charge in [0.05, 0.1) is 16.1 Å². The van der Waals surface area contributed by atoms with Gasteiger partial charge in [0, 0.05) is 6.54 Å². The number of hydrogen-bond donors (Lipinski definition) is 0. The average molecular weight is 329 g/mol. The number of sulfonamides is 1. The van der Waals surface area contributed by atoms with Gasteiger partial charge in [0.1, 0.15) is 0 Å². The lowest BCUT2D eigenvalue weighted by molar-refractivity contribution is -0.137. The maximum Gasteiger partial charge on any atom is 0.416 e. The molecule has 0 bridgehead atoms. The Hall–Kier alpha value is -2.02. The Balaban J connectivity index is 2.41. The van der Waals surface area contributed by atoms with Crippen molar-refractivity contribution in [3.05, 3.63) is 60.2 Å². The Morgan fingerprint density at radius 2 is 1.50 bits per heavy atom. The summed E-state index contributed by atoms with van der Waals surface area (Å²) in [5.41, 5.74) is -0.622. The molecule has 0 unspecified atom stereocenters. The first kappa shape index (κ1) is 16.4. The van der Waals surface area contributed by atoms with Gasteiger partial charge in [-0.05, 0) is 43.3 Å². The normalized spacial score (nSPS) is 12.2. The predicted molar refractivity (Wildman–Crippen MR) is 78.1 cm³/mol. The molecule has 0 heterocycles. The summed E-state index contributed by atoms with van der Waals surface area (Å²) >= 11 is 0. The highest BCUT2D eigenvalue weighted by Crippen LogP contribution is 2.31. The zero-order chi connectivity index (χ0) is 16.4. The van der Waals surface area contributed by atoms with Crippen molar-refractivity contribution in [1.29, 1.82) is 0 Å². The summed E-state index contributed by atoms with van der Waals surface area (Å²) in [6, 6.07) is 11.8. The molecule has 0 saturated carbocycles. The van der Waals surface area contributed by atoms with Crippen molar-refractivity contribution in [1.82, 2.24) is 0 Å². The van der Waals surface area contributed by atoms with Gasteiger partial charge >= 0.3 is 6.18 Å². The molecule has 7 heteroatoms. The third-order valence-electron chi connectivity index (χ3n) is 3.10. The number of rotatable bonds is 4. The lowest BCUT2D eigenvalue weighted by Crippen LogP contribution is -2.30. The molecule has 0 aliphatic rings. The van der Waals surface area contributed by atoms with E-state index in [4.69, 9.17) is 0 Å². The zero-order valence-corrected chi connectivity index (χ0v) is 12.5. The van der Waals surface area contributed by atoms with Crippen molar-refractivity contribution >= 4 is 15.7 Å². The lowest BCUT2D eigenvalue weighted by Gasteiger charge is -2.23. The molecule has 0 amide bonds. The van der Waals surface area contributed by atoms with E-state index in [1.807, 2.05) is 0 Å². The van der Waals surface area contributed by atoms with Crippen molar-refractivity contribution in [2.24, 2.45) is 0 Å². The summed E-state index contributed by atoms with van der Waals surface area (Å²) in [6.07, 6.45) is -4.45. The van der Waals surface area contributed by atoms with Crippen LogP contribution < -0.4 is 4.31 Å². The molecule has 0 aliphatic carbocycles. The summed E-state index contributed by atoms with van der Waals surface area (Å²) in [6.45, 7) is 1.74. The van der Waals surface area contributed by atoms with E-state index in [1.165, 1.54) is 12.1 Å². The van der Waals surface area contributed by atoms with Crippen LogP contribution in [-0.2, 0) is 16.2 Å². The van der Waals surface area contributed by atoms with E-state index < -0.39 is 21.8 Å². The van der Waals surface area contributed by atoms with Crippen LogP contribution in [-0.4, -0.2) is 15.0 Å². The molecule has 0 atom stereocenters. The first-order valence-electron chi connectivity index (χ1n) is 6.52. The summed E-state index contributed by atoms with van der Waals surface area (Å²) < 4.78 is 63.9. The molecule has 0 fully saturated rings. The third-order valence-corrected chi connectivity index (χ3v) is 5.02. The van der Waals surface area contributed by atoms with Crippen molar-refractivity contribution in [2.45, 2.75) is 18.0 Å². The van der Waals surface area contributed by atoms with E-state index in [1.54, 1.807) is 25.1 Å². The first-order valence-corrected chi connectivity index (χ1v) is 7.96. The second kappa shape index (κ2) is 6.00.